The second kappa shape index (κ2) is 6.89. The molecule has 4 heteroatoms. The van der Waals surface area contributed by atoms with E-state index in [0.717, 1.165) is 31.7 Å². The van der Waals surface area contributed by atoms with E-state index in [4.69, 9.17) is 10.5 Å². The summed E-state index contributed by atoms with van der Waals surface area (Å²) in [6, 6.07) is 8.32. The smallest absolute Gasteiger partial charge is 0.119 e. The van der Waals surface area contributed by atoms with E-state index in [1.54, 1.807) is 7.11 Å². The Hall–Kier alpha value is -1.10. The normalized spacial score (nSPS) is 22.2. The minimum atomic E-state index is 0.212. The summed E-state index contributed by atoms with van der Waals surface area (Å²) >= 11 is 0. The Kier molecular flexibility index (Phi) is 5.19. The Bertz CT molecular complexity index is 397. The van der Waals surface area contributed by atoms with E-state index in [2.05, 4.69) is 17.0 Å². The van der Waals surface area contributed by atoms with Gasteiger partial charge in [0.25, 0.3) is 0 Å². The topological polar surface area (TPSA) is 58.7 Å². The molecule has 1 saturated heterocycles. The van der Waals surface area contributed by atoms with Crippen LogP contribution in [0.2, 0.25) is 0 Å². The number of aliphatic hydroxyl groups is 1. The number of aliphatic hydroxyl groups excluding tert-OH is 1. The molecule has 3 N–H and O–H groups in total. The summed E-state index contributed by atoms with van der Waals surface area (Å²) in [5.74, 6) is 1.25. The van der Waals surface area contributed by atoms with Gasteiger partial charge in [-0.15, -0.1) is 0 Å². The van der Waals surface area contributed by atoms with Crippen molar-refractivity contribution in [3.8, 4) is 5.75 Å². The SMILES string of the molecule is COc1cccc(C(CN)N2CCCC(CO)C2)c1. The van der Waals surface area contributed by atoms with Crippen LogP contribution in [0.3, 0.4) is 0 Å². The molecule has 1 aromatic rings. The molecule has 1 fully saturated rings. The molecule has 1 aromatic carbocycles. The van der Waals surface area contributed by atoms with Crippen molar-refractivity contribution in [2.24, 2.45) is 11.7 Å². The van der Waals surface area contributed by atoms with E-state index < -0.39 is 0 Å². The number of nitrogens with two attached hydrogens (primary N) is 1. The Morgan fingerprint density at radius 2 is 2.37 bits per heavy atom. The van der Waals surface area contributed by atoms with Crippen LogP contribution in [0.1, 0.15) is 24.4 Å². The molecule has 1 heterocycles. The predicted octanol–water partition coefficient (Wildman–Crippen LogP) is 1.40. The van der Waals surface area contributed by atoms with Gasteiger partial charge in [-0.05, 0) is 43.0 Å². The summed E-state index contributed by atoms with van der Waals surface area (Å²) in [5, 5.41) is 9.34. The summed E-state index contributed by atoms with van der Waals surface area (Å²) in [5.41, 5.74) is 7.16. The molecule has 2 atom stereocenters. The quantitative estimate of drug-likeness (QED) is 0.844. The Morgan fingerprint density at radius 1 is 1.53 bits per heavy atom. The maximum Gasteiger partial charge on any atom is 0.119 e. The molecule has 2 unspecified atom stereocenters. The van der Waals surface area contributed by atoms with E-state index >= 15 is 0 Å². The summed E-state index contributed by atoms with van der Waals surface area (Å²) in [7, 11) is 1.68. The van der Waals surface area contributed by atoms with Gasteiger partial charge < -0.3 is 15.6 Å². The molecular formula is C15H24N2O2. The number of hydrogen-bond donors (Lipinski definition) is 2. The largest absolute Gasteiger partial charge is 0.497 e. The van der Waals surface area contributed by atoms with Gasteiger partial charge in [0.2, 0.25) is 0 Å². The molecule has 1 aliphatic rings. The lowest BCUT2D eigenvalue weighted by Crippen LogP contribution is -2.42. The van der Waals surface area contributed by atoms with Crippen molar-refractivity contribution in [1.82, 2.24) is 4.90 Å². The number of ether oxygens (including phenoxy) is 1. The highest BCUT2D eigenvalue weighted by molar-refractivity contribution is 5.30. The standard InChI is InChI=1S/C15H24N2O2/c1-19-14-6-2-5-13(8-14)15(9-16)17-7-3-4-12(10-17)11-18/h2,5-6,8,12,15,18H,3-4,7,9-11,16H2,1H3. The van der Waals surface area contributed by atoms with Crippen LogP contribution in [-0.4, -0.2) is 43.4 Å². The number of nitrogens with zero attached hydrogens (tertiary/aromatic N) is 1. The van der Waals surface area contributed by atoms with Crippen molar-refractivity contribution >= 4 is 0 Å². The van der Waals surface area contributed by atoms with Crippen molar-refractivity contribution in [2.75, 3.05) is 33.4 Å². The van der Waals surface area contributed by atoms with Crippen molar-refractivity contribution in [1.29, 1.82) is 0 Å². The van der Waals surface area contributed by atoms with Gasteiger partial charge in [-0.25, -0.2) is 0 Å². The molecule has 0 aromatic heterocycles. The van der Waals surface area contributed by atoms with Gasteiger partial charge >= 0.3 is 0 Å². The van der Waals surface area contributed by atoms with Crippen molar-refractivity contribution in [3.63, 3.8) is 0 Å². The van der Waals surface area contributed by atoms with Gasteiger partial charge in [0.15, 0.2) is 0 Å². The third kappa shape index (κ3) is 3.47. The second-order valence-corrected chi connectivity index (χ2v) is 5.21. The molecule has 0 aliphatic carbocycles. The molecule has 19 heavy (non-hydrogen) atoms. The average Bonchev–Trinajstić information content (AvgIpc) is 2.48. The summed E-state index contributed by atoms with van der Waals surface area (Å²) in [6.07, 6.45) is 2.24. The van der Waals surface area contributed by atoms with Crippen LogP contribution in [0.5, 0.6) is 5.75 Å². The van der Waals surface area contributed by atoms with Crippen LogP contribution in [0.25, 0.3) is 0 Å². The zero-order chi connectivity index (χ0) is 13.7. The minimum absolute atomic E-state index is 0.212. The van der Waals surface area contributed by atoms with Crippen molar-refractivity contribution in [2.45, 2.75) is 18.9 Å². The monoisotopic (exact) mass is 264 g/mol. The number of piperidine rings is 1. The summed E-state index contributed by atoms with van der Waals surface area (Å²) < 4.78 is 5.28. The maximum atomic E-state index is 9.34. The van der Waals surface area contributed by atoms with Crippen LogP contribution in [0.4, 0.5) is 0 Å². The average molecular weight is 264 g/mol. The number of benzene rings is 1. The van der Waals surface area contributed by atoms with Gasteiger partial charge in [-0.2, -0.15) is 0 Å². The molecule has 2 rings (SSSR count). The minimum Gasteiger partial charge on any atom is -0.497 e. The molecule has 0 radical (unpaired) electrons. The van der Waals surface area contributed by atoms with E-state index in [1.165, 1.54) is 5.56 Å². The van der Waals surface area contributed by atoms with Crippen LogP contribution < -0.4 is 10.5 Å². The fourth-order valence-corrected chi connectivity index (χ4v) is 2.87. The van der Waals surface area contributed by atoms with E-state index in [-0.39, 0.29) is 12.6 Å². The van der Waals surface area contributed by atoms with Crippen LogP contribution in [0.15, 0.2) is 24.3 Å². The second-order valence-electron chi connectivity index (χ2n) is 5.21. The number of methoxy groups -OCH3 is 1. The molecule has 106 valence electrons. The molecule has 0 bridgehead atoms. The van der Waals surface area contributed by atoms with E-state index in [1.807, 2.05) is 12.1 Å². The highest BCUT2D eigenvalue weighted by Crippen LogP contribution is 2.28. The molecule has 1 aliphatic heterocycles. The molecule has 4 nitrogen and oxygen atoms in total. The lowest BCUT2D eigenvalue weighted by Gasteiger charge is -2.37. The Labute approximate surface area is 115 Å². The summed E-state index contributed by atoms with van der Waals surface area (Å²) in [6.45, 7) is 2.84. The maximum absolute atomic E-state index is 9.34. The van der Waals surface area contributed by atoms with E-state index in [0.29, 0.717) is 12.5 Å². The first-order chi connectivity index (χ1) is 9.28. The Morgan fingerprint density at radius 3 is 3.05 bits per heavy atom. The van der Waals surface area contributed by atoms with Crippen LogP contribution in [0, 0.1) is 5.92 Å². The van der Waals surface area contributed by atoms with Crippen molar-refractivity contribution in [3.05, 3.63) is 29.8 Å². The first-order valence-corrected chi connectivity index (χ1v) is 6.97. The lowest BCUT2D eigenvalue weighted by molar-refractivity contribution is 0.0900. The third-order valence-electron chi connectivity index (χ3n) is 3.95. The van der Waals surface area contributed by atoms with Gasteiger partial charge in [0, 0.05) is 25.7 Å². The molecule has 0 saturated carbocycles. The first-order valence-electron chi connectivity index (χ1n) is 6.97. The molecular weight excluding hydrogens is 240 g/mol. The number of hydrogen-bond acceptors (Lipinski definition) is 4. The highest BCUT2D eigenvalue weighted by atomic mass is 16.5. The Balaban J connectivity index is 2.13. The number of rotatable bonds is 5. The molecule has 0 amide bonds. The predicted molar refractivity (Wildman–Crippen MR) is 76.2 cm³/mol. The van der Waals surface area contributed by atoms with E-state index in [9.17, 15) is 5.11 Å². The summed E-state index contributed by atoms with van der Waals surface area (Å²) in [4.78, 5) is 2.39. The molecule has 0 spiro atoms. The highest BCUT2D eigenvalue weighted by Gasteiger charge is 2.25. The number of likely N-dealkylation sites (tertiary alicyclic amines) is 1. The van der Waals surface area contributed by atoms with Gasteiger partial charge in [-0.3, -0.25) is 4.90 Å². The zero-order valence-corrected chi connectivity index (χ0v) is 11.6. The van der Waals surface area contributed by atoms with Gasteiger partial charge in [0.05, 0.1) is 7.11 Å². The van der Waals surface area contributed by atoms with Crippen molar-refractivity contribution < 1.29 is 9.84 Å². The first kappa shape index (κ1) is 14.3. The fraction of sp³-hybridized carbons (Fsp3) is 0.600. The third-order valence-corrected chi connectivity index (χ3v) is 3.95. The zero-order valence-electron chi connectivity index (χ0n) is 11.6. The fourth-order valence-electron chi connectivity index (χ4n) is 2.87. The van der Waals surface area contributed by atoms with Crippen LogP contribution in [-0.2, 0) is 0 Å². The van der Waals surface area contributed by atoms with Gasteiger partial charge in [-0.1, -0.05) is 12.1 Å². The van der Waals surface area contributed by atoms with Gasteiger partial charge in [0.1, 0.15) is 5.75 Å². The van der Waals surface area contributed by atoms with Crippen LogP contribution >= 0.6 is 0 Å². The lowest BCUT2D eigenvalue weighted by atomic mass is 9.95.